The van der Waals surface area contributed by atoms with Crippen LogP contribution < -0.4 is 0 Å². The van der Waals surface area contributed by atoms with Crippen molar-refractivity contribution in [2.24, 2.45) is 23.7 Å². The van der Waals surface area contributed by atoms with Crippen molar-refractivity contribution in [2.75, 3.05) is 0 Å². The molecule has 15 heavy (non-hydrogen) atoms. The van der Waals surface area contributed by atoms with Gasteiger partial charge < -0.3 is 0 Å². The van der Waals surface area contributed by atoms with E-state index >= 15 is 0 Å². The zero-order valence-corrected chi connectivity index (χ0v) is 10.1. The van der Waals surface area contributed by atoms with Gasteiger partial charge in [0.2, 0.25) is 0 Å². The predicted molar refractivity (Wildman–Crippen MR) is 64.7 cm³/mol. The maximum Gasteiger partial charge on any atom is -0.0383 e. The van der Waals surface area contributed by atoms with Crippen molar-refractivity contribution in [2.45, 2.75) is 70.6 Å². The van der Waals surface area contributed by atoms with Gasteiger partial charge in [-0.3, -0.25) is 0 Å². The molecule has 4 atom stereocenters. The fourth-order valence-electron chi connectivity index (χ4n) is 4.73. The first-order valence-corrected chi connectivity index (χ1v) is 7.42. The average molecular weight is 206 g/mol. The van der Waals surface area contributed by atoms with Crippen LogP contribution in [0.1, 0.15) is 70.6 Å². The van der Waals surface area contributed by atoms with E-state index in [0.29, 0.717) is 0 Å². The van der Waals surface area contributed by atoms with Crippen LogP contribution in [0.2, 0.25) is 0 Å². The zero-order valence-electron chi connectivity index (χ0n) is 10.1. The maximum absolute atomic E-state index is 1.61. The minimum absolute atomic E-state index is 1.13. The Morgan fingerprint density at radius 3 is 2.20 bits per heavy atom. The summed E-state index contributed by atoms with van der Waals surface area (Å²) in [6, 6.07) is 0. The van der Waals surface area contributed by atoms with Gasteiger partial charge in [0.05, 0.1) is 0 Å². The van der Waals surface area contributed by atoms with E-state index in [-0.39, 0.29) is 0 Å². The van der Waals surface area contributed by atoms with Gasteiger partial charge in [-0.1, -0.05) is 51.4 Å². The molecule has 3 saturated carbocycles. The Balaban J connectivity index is 1.69. The molecule has 0 N–H and O–H groups in total. The summed E-state index contributed by atoms with van der Waals surface area (Å²) in [5.74, 6) is 4.55. The molecule has 0 heteroatoms. The summed E-state index contributed by atoms with van der Waals surface area (Å²) in [5.41, 5.74) is 0. The van der Waals surface area contributed by atoms with Gasteiger partial charge in [-0.15, -0.1) is 0 Å². The zero-order chi connectivity index (χ0) is 10.1. The van der Waals surface area contributed by atoms with E-state index in [1.54, 1.807) is 57.8 Å². The predicted octanol–water partition coefficient (Wildman–Crippen LogP) is 4.78. The first-order valence-electron chi connectivity index (χ1n) is 7.42. The molecule has 0 saturated heterocycles. The average Bonchev–Trinajstić information content (AvgIpc) is 2.27. The van der Waals surface area contributed by atoms with Crippen LogP contribution in [-0.4, -0.2) is 0 Å². The van der Waals surface area contributed by atoms with Crippen LogP contribution in [0.25, 0.3) is 0 Å². The Labute approximate surface area is 94.8 Å². The molecule has 86 valence electrons. The second kappa shape index (κ2) is 4.47. The first-order chi connectivity index (χ1) is 7.42. The van der Waals surface area contributed by atoms with E-state index in [4.69, 9.17) is 0 Å². The molecule has 0 radical (unpaired) electrons. The van der Waals surface area contributed by atoms with Crippen LogP contribution in [0.4, 0.5) is 0 Å². The summed E-state index contributed by atoms with van der Waals surface area (Å²) >= 11 is 0. The smallest absolute Gasteiger partial charge is 0.0383 e. The van der Waals surface area contributed by atoms with Crippen molar-refractivity contribution >= 4 is 0 Å². The molecule has 3 fully saturated rings. The lowest BCUT2D eigenvalue weighted by Crippen LogP contribution is -2.28. The van der Waals surface area contributed by atoms with Gasteiger partial charge in [0.15, 0.2) is 0 Å². The Hall–Kier alpha value is 0. The quantitative estimate of drug-likeness (QED) is 0.535. The highest BCUT2D eigenvalue weighted by atomic mass is 14.4. The van der Waals surface area contributed by atoms with Crippen LogP contribution in [0.5, 0.6) is 0 Å². The topological polar surface area (TPSA) is 0 Å². The van der Waals surface area contributed by atoms with E-state index < -0.39 is 0 Å². The van der Waals surface area contributed by atoms with Crippen molar-refractivity contribution in [3.63, 3.8) is 0 Å². The highest BCUT2D eigenvalue weighted by Crippen LogP contribution is 2.45. The molecule has 0 aromatic rings. The van der Waals surface area contributed by atoms with Crippen molar-refractivity contribution < 1.29 is 0 Å². The summed E-state index contributed by atoms with van der Waals surface area (Å²) in [5, 5.41) is 0. The van der Waals surface area contributed by atoms with Crippen molar-refractivity contribution in [3.05, 3.63) is 0 Å². The fraction of sp³-hybridized carbons (Fsp3) is 1.00. The van der Waals surface area contributed by atoms with Crippen LogP contribution in [0, 0.1) is 23.7 Å². The molecule has 2 bridgehead atoms. The Morgan fingerprint density at radius 1 is 0.467 bits per heavy atom. The highest BCUT2D eigenvalue weighted by molar-refractivity contribution is 4.84. The molecule has 3 rings (SSSR count). The number of fused-ring (bicyclic) bond motifs is 3. The Kier molecular flexibility index (Phi) is 3.03. The third-order valence-electron chi connectivity index (χ3n) is 5.54. The van der Waals surface area contributed by atoms with Gasteiger partial charge in [-0.2, -0.15) is 0 Å². The summed E-state index contributed by atoms with van der Waals surface area (Å²) in [6.07, 6.45) is 17.3. The van der Waals surface area contributed by atoms with Crippen molar-refractivity contribution in [1.29, 1.82) is 0 Å². The second-order valence-electron chi connectivity index (χ2n) is 6.52. The van der Waals surface area contributed by atoms with Crippen molar-refractivity contribution in [1.82, 2.24) is 0 Å². The normalized spacial score (nSPS) is 46.4. The molecule has 0 nitrogen and oxygen atoms in total. The van der Waals surface area contributed by atoms with Gasteiger partial charge in [0.1, 0.15) is 0 Å². The van der Waals surface area contributed by atoms with Gasteiger partial charge in [-0.05, 0) is 42.9 Å². The fourth-order valence-corrected chi connectivity index (χ4v) is 4.73. The summed E-state index contributed by atoms with van der Waals surface area (Å²) < 4.78 is 0. The molecule has 0 aromatic carbocycles. The summed E-state index contributed by atoms with van der Waals surface area (Å²) in [6.45, 7) is 0. The number of rotatable bonds is 0. The molecule has 0 spiro atoms. The largest absolute Gasteiger partial charge is 0.0530 e. The third-order valence-corrected chi connectivity index (χ3v) is 5.54. The monoisotopic (exact) mass is 206 g/mol. The molecule has 0 amide bonds. The Bertz CT molecular complexity index is 208. The molecular weight excluding hydrogens is 180 g/mol. The van der Waals surface area contributed by atoms with E-state index in [2.05, 4.69) is 0 Å². The Morgan fingerprint density at radius 2 is 1.27 bits per heavy atom. The van der Waals surface area contributed by atoms with Crippen LogP contribution in [-0.2, 0) is 0 Å². The lowest BCUT2D eigenvalue weighted by molar-refractivity contribution is 0.112. The number of hydrogen-bond donors (Lipinski definition) is 0. The van der Waals surface area contributed by atoms with Gasteiger partial charge >= 0.3 is 0 Å². The van der Waals surface area contributed by atoms with Crippen LogP contribution in [0.3, 0.4) is 0 Å². The molecule has 0 heterocycles. The SMILES string of the molecule is C1CC2CCC3CCCCC3CC(C1)C2. The molecule has 4 unspecified atom stereocenters. The van der Waals surface area contributed by atoms with Crippen molar-refractivity contribution in [3.8, 4) is 0 Å². The maximum atomic E-state index is 1.61. The van der Waals surface area contributed by atoms with Gasteiger partial charge in [0, 0.05) is 0 Å². The van der Waals surface area contributed by atoms with Gasteiger partial charge in [0.25, 0.3) is 0 Å². The minimum Gasteiger partial charge on any atom is -0.0530 e. The van der Waals surface area contributed by atoms with Crippen LogP contribution in [0.15, 0.2) is 0 Å². The lowest BCUT2D eigenvalue weighted by Gasteiger charge is -2.40. The number of hydrogen-bond acceptors (Lipinski definition) is 0. The molecule has 3 aliphatic carbocycles. The highest BCUT2D eigenvalue weighted by Gasteiger charge is 2.33. The summed E-state index contributed by atoms with van der Waals surface area (Å²) in [4.78, 5) is 0. The first kappa shape index (κ1) is 10.2. The van der Waals surface area contributed by atoms with E-state index in [1.807, 2.05) is 0 Å². The lowest BCUT2D eigenvalue weighted by atomic mass is 9.65. The second-order valence-corrected chi connectivity index (χ2v) is 6.52. The molecule has 0 aromatic heterocycles. The van der Waals surface area contributed by atoms with E-state index in [0.717, 1.165) is 23.7 Å². The van der Waals surface area contributed by atoms with E-state index in [9.17, 15) is 0 Å². The van der Waals surface area contributed by atoms with Gasteiger partial charge in [-0.25, -0.2) is 0 Å². The third kappa shape index (κ3) is 2.24. The molecular formula is C15H26. The van der Waals surface area contributed by atoms with Crippen LogP contribution >= 0.6 is 0 Å². The standard InChI is InChI=1S/C15H26/c1-2-7-15-11-13-5-3-4-12(10-13)8-9-14(15)6-1/h12-15H,1-11H2. The van der Waals surface area contributed by atoms with E-state index in [1.165, 1.54) is 12.8 Å². The molecule has 3 aliphatic rings. The minimum atomic E-state index is 1.13. The molecule has 0 aliphatic heterocycles. The summed E-state index contributed by atoms with van der Waals surface area (Å²) in [7, 11) is 0.